The third-order valence-electron chi connectivity index (χ3n) is 2.13. The van der Waals surface area contributed by atoms with Crippen LogP contribution < -0.4 is 9.46 Å². The van der Waals surface area contributed by atoms with Gasteiger partial charge >= 0.3 is 12.3 Å². The van der Waals surface area contributed by atoms with Crippen LogP contribution in [-0.2, 0) is 14.8 Å². The Hall–Kier alpha value is -1.33. The van der Waals surface area contributed by atoms with Crippen LogP contribution in [-0.4, -0.2) is 31.9 Å². The molecule has 0 amide bonds. The zero-order chi connectivity index (χ0) is 16.4. The van der Waals surface area contributed by atoms with Gasteiger partial charge in [-0.1, -0.05) is 0 Å². The van der Waals surface area contributed by atoms with Crippen molar-refractivity contribution >= 4 is 31.9 Å². The van der Waals surface area contributed by atoms with E-state index in [1.165, 1.54) is 0 Å². The number of carbonyl (C=O) groups is 1. The summed E-state index contributed by atoms with van der Waals surface area (Å²) in [6.45, 7) is 1.11. The first-order valence-electron chi connectivity index (χ1n) is 5.23. The van der Waals surface area contributed by atoms with Crippen LogP contribution in [0.4, 0.5) is 13.2 Å². The maximum Gasteiger partial charge on any atom is 0.573 e. The van der Waals surface area contributed by atoms with Gasteiger partial charge in [0.2, 0.25) is 10.0 Å². The Kier molecular flexibility index (Phi) is 5.23. The number of carboxylic acids is 1. The molecule has 1 aromatic rings. The molecule has 11 heteroatoms. The van der Waals surface area contributed by atoms with E-state index >= 15 is 0 Å². The lowest BCUT2D eigenvalue weighted by Crippen LogP contribution is -2.38. The van der Waals surface area contributed by atoms with Gasteiger partial charge in [0.25, 0.3) is 0 Å². The SMILES string of the molecule is CC(NS(=O)(=O)c1ccc(OC(F)(F)F)cc1Br)C(=O)O. The molecule has 0 bridgehead atoms. The molecule has 0 aliphatic carbocycles. The zero-order valence-corrected chi connectivity index (χ0v) is 12.7. The Morgan fingerprint density at radius 3 is 2.43 bits per heavy atom. The van der Waals surface area contributed by atoms with E-state index < -0.39 is 39.0 Å². The molecule has 0 spiro atoms. The highest BCUT2D eigenvalue weighted by molar-refractivity contribution is 9.10. The molecule has 0 aliphatic rings. The van der Waals surface area contributed by atoms with Gasteiger partial charge in [-0.05, 0) is 41.1 Å². The van der Waals surface area contributed by atoms with Crippen molar-refractivity contribution in [2.75, 3.05) is 0 Å². The Labute approximate surface area is 126 Å². The van der Waals surface area contributed by atoms with Crippen LogP contribution in [0.15, 0.2) is 27.6 Å². The number of nitrogens with one attached hydrogen (secondary N) is 1. The number of hydrogen-bond donors (Lipinski definition) is 2. The molecule has 118 valence electrons. The van der Waals surface area contributed by atoms with Gasteiger partial charge in [-0.2, -0.15) is 4.72 Å². The minimum Gasteiger partial charge on any atom is -0.480 e. The second-order valence-corrected chi connectivity index (χ2v) is 6.36. The molecule has 1 unspecified atom stereocenters. The number of carboxylic acid groups (broad SMARTS) is 1. The van der Waals surface area contributed by atoms with E-state index in [-0.39, 0.29) is 4.47 Å². The predicted octanol–water partition coefficient (Wildman–Crippen LogP) is 2.10. The fraction of sp³-hybridized carbons (Fsp3) is 0.300. The summed E-state index contributed by atoms with van der Waals surface area (Å²) in [5, 5.41) is 8.65. The quantitative estimate of drug-likeness (QED) is 0.801. The monoisotopic (exact) mass is 391 g/mol. The molecular formula is C10H9BrF3NO5S. The average Bonchev–Trinajstić information content (AvgIpc) is 2.25. The second kappa shape index (κ2) is 6.20. The maximum absolute atomic E-state index is 12.0. The van der Waals surface area contributed by atoms with E-state index in [4.69, 9.17) is 5.11 Å². The Morgan fingerprint density at radius 2 is 2.00 bits per heavy atom. The van der Waals surface area contributed by atoms with Gasteiger partial charge in [0.1, 0.15) is 11.8 Å². The number of benzene rings is 1. The fourth-order valence-electron chi connectivity index (χ4n) is 1.24. The van der Waals surface area contributed by atoms with Crippen molar-refractivity contribution in [3.05, 3.63) is 22.7 Å². The lowest BCUT2D eigenvalue weighted by molar-refractivity contribution is -0.274. The van der Waals surface area contributed by atoms with Crippen molar-refractivity contribution < 1.29 is 36.2 Å². The molecule has 0 radical (unpaired) electrons. The van der Waals surface area contributed by atoms with Crippen molar-refractivity contribution in [1.29, 1.82) is 0 Å². The molecular weight excluding hydrogens is 383 g/mol. The van der Waals surface area contributed by atoms with Crippen LogP contribution in [0.1, 0.15) is 6.92 Å². The lowest BCUT2D eigenvalue weighted by atomic mass is 10.3. The topological polar surface area (TPSA) is 92.7 Å². The molecule has 0 saturated carbocycles. The van der Waals surface area contributed by atoms with Crippen molar-refractivity contribution in [2.24, 2.45) is 0 Å². The van der Waals surface area contributed by atoms with Gasteiger partial charge in [0.05, 0.1) is 4.90 Å². The molecule has 0 aliphatic heterocycles. The third kappa shape index (κ3) is 5.17. The highest BCUT2D eigenvalue weighted by Crippen LogP contribution is 2.30. The molecule has 1 atom stereocenters. The van der Waals surface area contributed by atoms with E-state index in [2.05, 4.69) is 20.7 Å². The molecule has 2 N–H and O–H groups in total. The Balaban J connectivity index is 3.07. The molecule has 1 aromatic carbocycles. The van der Waals surface area contributed by atoms with Gasteiger partial charge in [-0.15, -0.1) is 13.2 Å². The van der Waals surface area contributed by atoms with E-state index in [9.17, 15) is 26.4 Å². The predicted molar refractivity (Wildman–Crippen MR) is 68.2 cm³/mol. The number of rotatable bonds is 5. The third-order valence-corrected chi connectivity index (χ3v) is 4.65. The number of alkyl halides is 3. The number of halogens is 4. The van der Waals surface area contributed by atoms with Crippen LogP contribution >= 0.6 is 15.9 Å². The van der Waals surface area contributed by atoms with Crippen molar-refractivity contribution in [3.8, 4) is 5.75 Å². The fourth-order valence-corrected chi connectivity index (χ4v) is 3.50. The first kappa shape index (κ1) is 17.7. The Bertz CT molecular complexity index is 647. The summed E-state index contributed by atoms with van der Waals surface area (Å²) in [7, 11) is -4.21. The number of aliphatic carboxylic acids is 1. The first-order valence-corrected chi connectivity index (χ1v) is 7.50. The van der Waals surface area contributed by atoms with Crippen molar-refractivity contribution in [3.63, 3.8) is 0 Å². The summed E-state index contributed by atoms with van der Waals surface area (Å²) in [6.07, 6.45) is -4.91. The minimum atomic E-state index is -4.91. The van der Waals surface area contributed by atoms with Gasteiger partial charge in [-0.3, -0.25) is 4.79 Å². The summed E-state index contributed by atoms with van der Waals surface area (Å²) in [4.78, 5) is 10.2. The maximum atomic E-state index is 12.0. The standard InChI is InChI=1S/C10H9BrF3NO5S/c1-5(9(16)17)15-21(18,19)8-3-2-6(4-7(8)11)20-10(12,13)14/h2-5,15H,1H3,(H,16,17). The second-order valence-electron chi connectivity index (χ2n) is 3.82. The summed E-state index contributed by atoms with van der Waals surface area (Å²) in [5.74, 6) is -2.01. The van der Waals surface area contributed by atoms with Crippen LogP contribution in [0.25, 0.3) is 0 Å². The van der Waals surface area contributed by atoms with Gasteiger partial charge < -0.3 is 9.84 Å². The molecule has 0 saturated heterocycles. The minimum absolute atomic E-state index is 0.200. The number of sulfonamides is 1. The average molecular weight is 392 g/mol. The largest absolute Gasteiger partial charge is 0.573 e. The molecule has 0 heterocycles. The highest BCUT2D eigenvalue weighted by atomic mass is 79.9. The van der Waals surface area contributed by atoms with Crippen molar-refractivity contribution in [2.45, 2.75) is 24.2 Å². The summed E-state index contributed by atoms with van der Waals surface area (Å²) in [6, 6.07) is 1.08. The van der Waals surface area contributed by atoms with Crippen LogP contribution in [0.5, 0.6) is 5.75 Å². The molecule has 0 aromatic heterocycles. The molecule has 1 rings (SSSR count). The van der Waals surface area contributed by atoms with Gasteiger partial charge in [0.15, 0.2) is 0 Å². The summed E-state index contributed by atoms with van der Waals surface area (Å²) >= 11 is 2.80. The molecule has 0 fully saturated rings. The van der Waals surface area contributed by atoms with E-state index in [1.807, 2.05) is 4.72 Å². The normalized spacial score (nSPS) is 13.8. The van der Waals surface area contributed by atoms with E-state index in [0.717, 1.165) is 25.1 Å². The molecule has 6 nitrogen and oxygen atoms in total. The summed E-state index contributed by atoms with van der Waals surface area (Å²) in [5.41, 5.74) is 0. The van der Waals surface area contributed by atoms with Gasteiger partial charge in [0, 0.05) is 4.47 Å². The zero-order valence-electron chi connectivity index (χ0n) is 10.3. The highest BCUT2D eigenvalue weighted by Gasteiger charge is 2.32. The van der Waals surface area contributed by atoms with Gasteiger partial charge in [-0.25, -0.2) is 8.42 Å². The lowest BCUT2D eigenvalue weighted by Gasteiger charge is -2.13. The first-order chi connectivity index (χ1) is 9.42. The van der Waals surface area contributed by atoms with E-state index in [0.29, 0.717) is 0 Å². The smallest absolute Gasteiger partial charge is 0.480 e. The number of hydrogen-bond acceptors (Lipinski definition) is 4. The van der Waals surface area contributed by atoms with Crippen molar-refractivity contribution in [1.82, 2.24) is 4.72 Å². The van der Waals surface area contributed by atoms with E-state index in [1.54, 1.807) is 0 Å². The molecule has 21 heavy (non-hydrogen) atoms. The summed E-state index contributed by atoms with van der Waals surface area (Å²) < 4.78 is 65.2. The van der Waals surface area contributed by atoms with Crippen LogP contribution in [0.2, 0.25) is 0 Å². The van der Waals surface area contributed by atoms with Crippen LogP contribution in [0, 0.1) is 0 Å². The Morgan fingerprint density at radius 1 is 1.43 bits per heavy atom. The van der Waals surface area contributed by atoms with Crippen LogP contribution in [0.3, 0.4) is 0 Å². The number of ether oxygens (including phenoxy) is 1.